The number of hydrogen-bond donors (Lipinski definition) is 2. The highest BCUT2D eigenvalue weighted by atomic mass is 35.5. The zero-order valence-corrected chi connectivity index (χ0v) is 19.7. The molecule has 3 aromatic carbocycles. The molecule has 1 aliphatic heterocycles. The number of benzene rings is 3. The summed E-state index contributed by atoms with van der Waals surface area (Å²) in [5.41, 5.74) is 2.87. The van der Waals surface area contributed by atoms with E-state index in [0.717, 1.165) is 37.2 Å². The quantitative estimate of drug-likeness (QED) is 0.443. The van der Waals surface area contributed by atoms with Crippen LogP contribution in [0.2, 0.25) is 5.02 Å². The molecule has 1 aliphatic rings. The van der Waals surface area contributed by atoms with E-state index in [1.807, 2.05) is 53.4 Å². The maximum atomic E-state index is 12.5. The molecule has 0 atom stereocenters. The fourth-order valence-corrected chi connectivity index (χ4v) is 4.13. The van der Waals surface area contributed by atoms with E-state index in [1.54, 1.807) is 24.3 Å². The van der Waals surface area contributed by atoms with Crippen LogP contribution in [-0.2, 0) is 11.3 Å². The summed E-state index contributed by atoms with van der Waals surface area (Å²) in [5, 5.41) is 6.65. The lowest BCUT2D eigenvalue weighted by molar-refractivity contribution is -0.134. The van der Waals surface area contributed by atoms with Gasteiger partial charge < -0.3 is 20.3 Å². The van der Waals surface area contributed by atoms with E-state index in [2.05, 4.69) is 10.6 Å². The lowest BCUT2D eigenvalue weighted by atomic mass is 10.1. The first-order chi connectivity index (χ1) is 16.6. The van der Waals surface area contributed by atoms with Gasteiger partial charge in [0, 0.05) is 36.6 Å². The second-order valence-corrected chi connectivity index (χ2v) is 8.61. The number of anilines is 2. The fraction of sp³-hybridized carbons (Fsp3) is 0.259. The predicted octanol–water partition coefficient (Wildman–Crippen LogP) is 5.60. The number of para-hydroxylation sites is 1. The van der Waals surface area contributed by atoms with Crippen molar-refractivity contribution < 1.29 is 14.3 Å². The number of piperidine rings is 1. The second-order valence-electron chi connectivity index (χ2n) is 8.21. The van der Waals surface area contributed by atoms with Gasteiger partial charge in [-0.3, -0.25) is 9.59 Å². The molecule has 0 saturated carbocycles. The number of rotatable bonds is 8. The molecule has 1 saturated heterocycles. The van der Waals surface area contributed by atoms with Crippen LogP contribution in [0.3, 0.4) is 0 Å². The van der Waals surface area contributed by atoms with Gasteiger partial charge in [-0.2, -0.15) is 0 Å². The molecule has 0 aliphatic carbocycles. The van der Waals surface area contributed by atoms with Crippen molar-refractivity contribution in [2.75, 3.05) is 30.3 Å². The summed E-state index contributed by atoms with van der Waals surface area (Å²) in [5.74, 6) is 0.452. The lowest BCUT2D eigenvalue weighted by Gasteiger charge is -2.26. The van der Waals surface area contributed by atoms with Crippen molar-refractivity contribution in [1.82, 2.24) is 4.90 Å². The molecule has 4 rings (SSSR count). The number of halogens is 1. The average Bonchev–Trinajstić information content (AvgIpc) is 2.87. The highest BCUT2D eigenvalue weighted by Gasteiger charge is 2.17. The Kier molecular flexibility index (Phi) is 8.04. The second kappa shape index (κ2) is 11.6. The normalized spacial score (nSPS) is 13.3. The van der Waals surface area contributed by atoms with Gasteiger partial charge in [0.25, 0.3) is 11.8 Å². The molecule has 2 amide bonds. The van der Waals surface area contributed by atoms with Crippen molar-refractivity contribution in [3.05, 3.63) is 88.9 Å². The minimum atomic E-state index is -0.264. The summed E-state index contributed by atoms with van der Waals surface area (Å²) in [6.07, 6.45) is 3.30. The first-order valence-corrected chi connectivity index (χ1v) is 11.9. The number of amides is 2. The van der Waals surface area contributed by atoms with Crippen molar-refractivity contribution in [2.24, 2.45) is 0 Å². The Bertz CT molecular complexity index is 1150. The number of ether oxygens (including phenoxy) is 1. The Hall–Kier alpha value is -3.51. The molecule has 0 aromatic heterocycles. The first-order valence-electron chi connectivity index (χ1n) is 11.5. The summed E-state index contributed by atoms with van der Waals surface area (Å²) in [6.45, 7) is 2.18. The van der Waals surface area contributed by atoms with Crippen molar-refractivity contribution in [2.45, 2.75) is 25.8 Å². The molecule has 34 heavy (non-hydrogen) atoms. The maximum absolute atomic E-state index is 12.5. The summed E-state index contributed by atoms with van der Waals surface area (Å²) >= 11 is 6.13. The Labute approximate surface area is 204 Å². The molecule has 2 N–H and O–H groups in total. The van der Waals surface area contributed by atoms with Gasteiger partial charge in [-0.05, 0) is 55.7 Å². The standard InChI is InChI=1S/C27H28ClN3O3/c28-24-13-4-3-12-23(24)27(33)30-22-11-8-10-21(17-22)29-18-20-9-2-5-14-25(20)34-19-26(32)31-15-6-1-7-16-31/h2-5,8-14,17,29H,1,6-7,15-16,18-19H2,(H,30,33). The van der Waals surface area contributed by atoms with Gasteiger partial charge in [0.1, 0.15) is 5.75 Å². The summed E-state index contributed by atoms with van der Waals surface area (Å²) in [4.78, 5) is 26.9. The van der Waals surface area contributed by atoms with Crippen LogP contribution in [0.1, 0.15) is 35.2 Å². The van der Waals surface area contributed by atoms with Gasteiger partial charge >= 0.3 is 0 Å². The van der Waals surface area contributed by atoms with Gasteiger partial charge in [0.2, 0.25) is 0 Å². The topological polar surface area (TPSA) is 70.7 Å². The first kappa shape index (κ1) is 23.6. The third kappa shape index (κ3) is 6.29. The zero-order chi connectivity index (χ0) is 23.8. The molecule has 0 radical (unpaired) electrons. The fourth-order valence-electron chi connectivity index (χ4n) is 3.91. The minimum absolute atomic E-state index is 0.0319. The number of likely N-dealkylation sites (tertiary alicyclic amines) is 1. The number of nitrogens with one attached hydrogen (secondary N) is 2. The summed E-state index contributed by atoms with van der Waals surface area (Å²) < 4.78 is 5.88. The van der Waals surface area contributed by atoms with Crippen LogP contribution in [0.4, 0.5) is 11.4 Å². The molecule has 0 unspecified atom stereocenters. The molecule has 6 nitrogen and oxygen atoms in total. The molecular formula is C27H28ClN3O3. The highest BCUT2D eigenvalue weighted by molar-refractivity contribution is 6.34. The molecule has 7 heteroatoms. The molecule has 1 heterocycles. The van der Waals surface area contributed by atoms with Gasteiger partial charge in [0.05, 0.1) is 10.6 Å². The monoisotopic (exact) mass is 477 g/mol. The smallest absolute Gasteiger partial charge is 0.260 e. The van der Waals surface area contributed by atoms with E-state index in [0.29, 0.717) is 28.6 Å². The number of nitrogens with zero attached hydrogens (tertiary/aromatic N) is 1. The van der Waals surface area contributed by atoms with E-state index in [1.165, 1.54) is 6.42 Å². The Morgan fingerprint density at radius 2 is 1.62 bits per heavy atom. The Balaban J connectivity index is 1.35. The third-order valence-electron chi connectivity index (χ3n) is 5.75. The van der Waals surface area contributed by atoms with Crippen LogP contribution in [0.5, 0.6) is 5.75 Å². The Morgan fingerprint density at radius 1 is 0.882 bits per heavy atom. The van der Waals surface area contributed by atoms with Gasteiger partial charge in [-0.1, -0.05) is 48.0 Å². The van der Waals surface area contributed by atoms with Crippen molar-refractivity contribution in [1.29, 1.82) is 0 Å². The summed E-state index contributed by atoms with van der Waals surface area (Å²) in [6, 6.07) is 22.1. The van der Waals surface area contributed by atoms with Crippen molar-refractivity contribution in [3.63, 3.8) is 0 Å². The molecule has 0 spiro atoms. The summed E-state index contributed by atoms with van der Waals surface area (Å²) in [7, 11) is 0. The molecular weight excluding hydrogens is 450 g/mol. The molecule has 1 fully saturated rings. The van der Waals surface area contributed by atoms with Gasteiger partial charge in [0.15, 0.2) is 6.61 Å². The maximum Gasteiger partial charge on any atom is 0.260 e. The van der Waals surface area contributed by atoms with Gasteiger partial charge in [-0.25, -0.2) is 0 Å². The van der Waals surface area contributed by atoms with Crippen LogP contribution in [-0.4, -0.2) is 36.4 Å². The van der Waals surface area contributed by atoms with Crippen molar-refractivity contribution in [3.8, 4) is 5.75 Å². The number of carbonyl (C=O) groups excluding carboxylic acids is 2. The van der Waals surface area contributed by atoms with Crippen molar-refractivity contribution >= 4 is 34.8 Å². The average molecular weight is 478 g/mol. The SMILES string of the molecule is O=C(Nc1cccc(NCc2ccccc2OCC(=O)N2CCCCC2)c1)c1ccccc1Cl. The van der Waals surface area contributed by atoms with Gasteiger partial charge in [-0.15, -0.1) is 0 Å². The van der Waals surface area contributed by atoms with Crippen LogP contribution in [0.25, 0.3) is 0 Å². The van der Waals surface area contributed by atoms with E-state index >= 15 is 0 Å². The highest BCUT2D eigenvalue weighted by Crippen LogP contribution is 2.23. The molecule has 0 bridgehead atoms. The minimum Gasteiger partial charge on any atom is -0.483 e. The number of carbonyl (C=O) groups is 2. The Morgan fingerprint density at radius 3 is 2.44 bits per heavy atom. The van der Waals surface area contributed by atoms with E-state index in [9.17, 15) is 9.59 Å². The lowest BCUT2D eigenvalue weighted by Crippen LogP contribution is -2.38. The van der Waals surface area contributed by atoms with E-state index in [4.69, 9.17) is 16.3 Å². The van der Waals surface area contributed by atoms with E-state index in [-0.39, 0.29) is 18.4 Å². The molecule has 3 aromatic rings. The molecule has 176 valence electrons. The zero-order valence-electron chi connectivity index (χ0n) is 18.9. The van der Waals surface area contributed by atoms with E-state index < -0.39 is 0 Å². The third-order valence-corrected chi connectivity index (χ3v) is 6.08. The number of hydrogen-bond acceptors (Lipinski definition) is 4. The largest absolute Gasteiger partial charge is 0.483 e. The van der Waals surface area contributed by atoms with Crippen LogP contribution in [0.15, 0.2) is 72.8 Å². The van der Waals surface area contributed by atoms with Crippen LogP contribution >= 0.6 is 11.6 Å². The van der Waals surface area contributed by atoms with Crippen LogP contribution < -0.4 is 15.4 Å². The van der Waals surface area contributed by atoms with Crippen LogP contribution in [0, 0.1) is 0 Å². The predicted molar refractivity (Wildman–Crippen MR) is 136 cm³/mol.